The van der Waals surface area contributed by atoms with Crippen LogP contribution in [-0.4, -0.2) is 33.0 Å². The second kappa shape index (κ2) is 6.81. The van der Waals surface area contributed by atoms with Crippen molar-refractivity contribution in [2.75, 3.05) is 7.05 Å². The second-order valence-electron chi connectivity index (χ2n) is 4.24. The Labute approximate surface area is 124 Å². The van der Waals surface area contributed by atoms with E-state index in [1.165, 1.54) is 11.2 Å². The lowest BCUT2D eigenvalue weighted by molar-refractivity contribution is -0.130. The Morgan fingerprint density at radius 2 is 2.37 bits per heavy atom. The summed E-state index contributed by atoms with van der Waals surface area (Å²) >= 11 is 5.16. The first-order chi connectivity index (χ1) is 9.15. The number of carbonyl (C=O) groups excluding carboxylic acids is 1. The van der Waals surface area contributed by atoms with Gasteiger partial charge in [0, 0.05) is 18.3 Å². The minimum atomic E-state index is 0.132. The summed E-state index contributed by atoms with van der Waals surface area (Å²) in [5.41, 5.74) is 0. The SMILES string of the molecule is CN(Cc1ncn[nH]1)C(=O)CCCc1ccc(Br)s1. The van der Waals surface area contributed by atoms with Crippen LogP contribution in [0.1, 0.15) is 23.5 Å². The lowest BCUT2D eigenvalue weighted by Gasteiger charge is -2.15. The highest BCUT2D eigenvalue weighted by Gasteiger charge is 2.10. The Hall–Kier alpha value is -1.21. The van der Waals surface area contributed by atoms with E-state index < -0.39 is 0 Å². The van der Waals surface area contributed by atoms with Crippen LogP contribution in [0, 0.1) is 0 Å². The Kier molecular flexibility index (Phi) is 5.09. The summed E-state index contributed by atoms with van der Waals surface area (Å²) in [5.74, 6) is 0.838. The molecule has 0 aromatic carbocycles. The first-order valence-corrected chi connectivity index (χ1v) is 7.58. The number of thiophene rings is 1. The Morgan fingerprint density at radius 1 is 1.53 bits per heavy atom. The highest BCUT2D eigenvalue weighted by atomic mass is 79.9. The van der Waals surface area contributed by atoms with Crippen molar-refractivity contribution in [2.45, 2.75) is 25.8 Å². The second-order valence-corrected chi connectivity index (χ2v) is 6.79. The van der Waals surface area contributed by atoms with Gasteiger partial charge in [-0.05, 0) is 40.9 Å². The Balaban J connectivity index is 1.71. The quantitative estimate of drug-likeness (QED) is 0.877. The van der Waals surface area contributed by atoms with Gasteiger partial charge in [0.15, 0.2) is 0 Å². The summed E-state index contributed by atoms with van der Waals surface area (Å²) in [5, 5.41) is 6.51. The normalized spacial score (nSPS) is 10.6. The molecule has 0 saturated carbocycles. The highest BCUT2D eigenvalue weighted by molar-refractivity contribution is 9.11. The summed E-state index contributed by atoms with van der Waals surface area (Å²) in [7, 11) is 1.78. The van der Waals surface area contributed by atoms with E-state index in [9.17, 15) is 4.79 Å². The van der Waals surface area contributed by atoms with Crippen LogP contribution in [0.15, 0.2) is 22.2 Å². The Bertz CT molecular complexity index is 526. The maximum atomic E-state index is 11.9. The number of nitrogens with one attached hydrogen (secondary N) is 1. The molecule has 0 radical (unpaired) electrons. The van der Waals surface area contributed by atoms with Crippen molar-refractivity contribution < 1.29 is 4.79 Å². The number of halogens is 1. The van der Waals surface area contributed by atoms with Gasteiger partial charge in [-0.25, -0.2) is 4.98 Å². The highest BCUT2D eigenvalue weighted by Crippen LogP contribution is 2.23. The fraction of sp³-hybridized carbons (Fsp3) is 0.417. The zero-order chi connectivity index (χ0) is 13.7. The van der Waals surface area contributed by atoms with Crippen molar-refractivity contribution in [3.63, 3.8) is 0 Å². The van der Waals surface area contributed by atoms with Crippen molar-refractivity contribution in [1.82, 2.24) is 20.1 Å². The van der Waals surface area contributed by atoms with Gasteiger partial charge in [0.05, 0.1) is 10.3 Å². The van der Waals surface area contributed by atoms with Gasteiger partial charge >= 0.3 is 0 Å². The standard InChI is InChI=1S/C12H15BrN4OS/c1-17(7-11-14-8-15-16-11)12(18)4-2-3-9-5-6-10(13)19-9/h5-6,8H,2-4,7H2,1H3,(H,14,15,16). The van der Waals surface area contributed by atoms with Crippen LogP contribution in [0.25, 0.3) is 0 Å². The minimum absolute atomic E-state index is 0.132. The first kappa shape index (κ1) is 14.2. The number of carbonyl (C=O) groups is 1. The molecule has 2 aromatic heterocycles. The molecule has 1 amide bonds. The van der Waals surface area contributed by atoms with Gasteiger partial charge in [0.25, 0.3) is 0 Å². The molecule has 5 nitrogen and oxygen atoms in total. The van der Waals surface area contributed by atoms with Crippen LogP contribution in [-0.2, 0) is 17.8 Å². The lowest BCUT2D eigenvalue weighted by Crippen LogP contribution is -2.26. The molecule has 0 aliphatic rings. The third-order valence-corrected chi connectivity index (χ3v) is 4.40. The third-order valence-electron chi connectivity index (χ3n) is 2.72. The molecule has 2 aromatic rings. The van der Waals surface area contributed by atoms with Gasteiger partial charge in [-0.2, -0.15) is 5.10 Å². The molecule has 0 fully saturated rings. The van der Waals surface area contributed by atoms with Gasteiger partial charge in [-0.1, -0.05) is 0 Å². The van der Waals surface area contributed by atoms with Crippen LogP contribution in [0.5, 0.6) is 0 Å². The monoisotopic (exact) mass is 342 g/mol. The number of nitrogens with zero attached hydrogens (tertiary/aromatic N) is 3. The number of hydrogen-bond donors (Lipinski definition) is 1. The number of rotatable bonds is 6. The first-order valence-electron chi connectivity index (χ1n) is 5.97. The number of aromatic amines is 1. The molecule has 0 unspecified atom stereocenters. The molecule has 0 spiro atoms. The number of H-pyrrole nitrogens is 1. The predicted molar refractivity (Wildman–Crippen MR) is 77.8 cm³/mol. The number of hydrogen-bond acceptors (Lipinski definition) is 4. The lowest BCUT2D eigenvalue weighted by atomic mass is 10.2. The Morgan fingerprint density at radius 3 is 3.00 bits per heavy atom. The average Bonchev–Trinajstić information content (AvgIpc) is 3.01. The van der Waals surface area contributed by atoms with Gasteiger partial charge in [-0.15, -0.1) is 11.3 Å². The number of amides is 1. The molecule has 0 saturated heterocycles. The van der Waals surface area contributed by atoms with E-state index in [0.29, 0.717) is 18.8 Å². The maximum absolute atomic E-state index is 11.9. The zero-order valence-corrected chi connectivity index (χ0v) is 13.0. The van der Waals surface area contributed by atoms with Crippen LogP contribution in [0.4, 0.5) is 0 Å². The zero-order valence-electron chi connectivity index (χ0n) is 10.6. The van der Waals surface area contributed by atoms with E-state index in [4.69, 9.17) is 0 Å². The van der Waals surface area contributed by atoms with Gasteiger partial charge in [0.1, 0.15) is 12.2 Å². The maximum Gasteiger partial charge on any atom is 0.222 e. The van der Waals surface area contributed by atoms with Gasteiger partial charge < -0.3 is 4.90 Å². The molecule has 1 N–H and O–H groups in total. The molecule has 2 rings (SSSR count). The third kappa shape index (κ3) is 4.43. The van der Waals surface area contributed by atoms with Crippen LogP contribution < -0.4 is 0 Å². The van der Waals surface area contributed by atoms with E-state index in [0.717, 1.165) is 16.6 Å². The summed E-state index contributed by atoms with van der Waals surface area (Å²) in [6, 6.07) is 4.13. The molecule has 19 heavy (non-hydrogen) atoms. The van der Waals surface area contributed by atoms with E-state index in [1.807, 2.05) is 6.07 Å². The van der Waals surface area contributed by atoms with Crippen LogP contribution >= 0.6 is 27.3 Å². The van der Waals surface area contributed by atoms with Gasteiger partial charge in [-0.3, -0.25) is 9.89 Å². The molecular formula is C12H15BrN4OS. The van der Waals surface area contributed by atoms with Crippen molar-refractivity contribution >= 4 is 33.2 Å². The van der Waals surface area contributed by atoms with Crippen molar-refractivity contribution in [3.8, 4) is 0 Å². The predicted octanol–water partition coefficient (Wildman–Crippen LogP) is 2.61. The minimum Gasteiger partial charge on any atom is -0.338 e. The fourth-order valence-electron chi connectivity index (χ4n) is 1.71. The topological polar surface area (TPSA) is 61.9 Å². The molecule has 0 aliphatic carbocycles. The smallest absolute Gasteiger partial charge is 0.222 e. The molecule has 2 heterocycles. The van der Waals surface area contributed by atoms with E-state index in [-0.39, 0.29) is 5.91 Å². The largest absolute Gasteiger partial charge is 0.338 e. The fourth-order valence-corrected chi connectivity index (χ4v) is 3.24. The molecule has 0 atom stereocenters. The summed E-state index contributed by atoms with van der Waals surface area (Å²) in [6.07, 6.45) is 3.81. The van der Waals surface area contributed by atoms with E-state index in [2.05, 4.69) is 37.2 Å². The molecule has 7 heteroatoms. The van der Waals surface area contributed by atoms with Crippen molar-refractivity contribution in [3.05, 3.63) is 32.9 Å². The number of aryl methyl sites for hydroxylation is 1. The molecule has 0 bridgehead atoms. The summed E-state index contributed by atoms with van der Waals surface area (Å²) < 4.78 is 1.14. The van der Waals surface area contributed by atoms with E-state index in [1.54, 1.807) is 23.3 Å². The molecular weight excluding hydrogens is 328 g/mol. The van der Waals surface area contributed by atoms with Crippen LogP contribution in [0.2, 0.25) is 0 Å². The van der Waals surface area contributed by atoms with Crippen molar-refractivity contribution in [1.29, 1.82) is 0 Å². The number of aromatic nitrogens is 3. The van der Waals surface area contributed by atoms with Crippen LogP contribution in [0.3, 0.4) is 0 Å². The summed E-state index contributed by atoms with van der Waals surface area (Å²) in [6.45, 7) is 0.476. The van der Waals surface area contributed by atoms with Crippen molar-refractivity contribution in [2.24, 2.45) is 0 Å². The van der Waals surface area contributed by atoms with E-state index >= 15 is 0 Å². The summed E-state index contributed by atoms with van der Waals surface area (Å²) in [4.78, 5) is 18.9. The molecule has 102 valence electrons. The van der Waals surface area contributed by atoms with Gasteiger partial charge in [0.2, 0.25) is 5.91 Å². The average molecular weight is 343 g/mol. The molecule has 0 aliphatic heterocycles.